The zero-order valence-electron chi connectivity index (χ0n) is 13.7. The predicted octanol–water partition coefficient (Wildman–Crippen LogP) is 2.50. The monoisotopic (exact) mass is 281 g/mol. The quantitative estimate of drug-likeness (QED) is 0.638. The predicted molar refractivity (Wildman–Crippen MR) is 84.1 cm³/mol. The van der Waals surface area contributed by atoms with Crippen LogP contribution in [0.2, 0.25) is 0 Å². The molecule has 0 amide bonds. The number of nitrogens with one attached hydrogen (secondary N) is 1. The van der Waals surface area contributed by atoms with Gasteiger partial charge in [0.25, 0.3) is 0 Å². The van der Waals surface area contributed by atoms with Crippen molar-refractivity contribution in [3.8, 4) is 0 Å². The van der Waals surface area contributed by atoms with Crippen LogP contribution in [-0.4, -0.2) is 50.3 Å². The zero-order chi connectivity index (χ0) is 14.6. The molecule has 1 atom stereocenters. The van der Waals surface area contributed by atoms with E-state index in [-0.39, 0.29) is 0 Å². The fourth-order valence-corrected chi connectivity index (χ4v) is 3.01. The number of aliphatic imine (C=N–C) groups is 1. The van der Waals surface area contributed by atoms with Crippen molar-refractivity contribution in [2.75, 3.05) is 39.4 Å². The van der Waals surface area contributed by atoms with E-state index in [1.54, 1.807) is 0 Å². The summed E-state index contributed by atoms with van der Waals surface area (Å²) < 4.78 is 5.61. The van der Waals surface area contributed by atoms with E-state index in [0.29, 0.717) is 10.8 Å². The van der Waals surface area contributed by atoms with Crippen LogP contribution in [0.1, 0.15) is 47.0 Å². The van der Waals surface area contributed by atoms with Gasteiger partial charge >= 0.3 is 0 Å². The number of hydrogen-bond donors (Lipinski definition) is 1. The summed E-state index contributed by atoms with van der Waals surface area (Å²) >= 11 is 0. The molecule has 2 saturated heterocycles. The van der Waals surface area contributed by atoms with Crippen molar-refractivity contribution in [1.82, 2.24) is 10.2 Å². The molecule has 4 heteroatoms. The molecule has 1 unspecified atom stereocenters. The fourth-order valence-electron chi connectivity index (χ4n) is 3.01. The summed E-state index contributed by atoms with van der Waals surface area (Å²) in [5, 5.41) is 3.45. The number of ether oxygens (including phenoxy) is 1. The lowest BCUT2D eigenvalue weighted by atomic mass is 9.87. The number of rotatable bonds is 3. The summed E-state index contributed by atoms with van der Waals surface area (Å²) in [5.74, 6) is 1.10. The van der Waals surface area contributed by atoms with E-state index in [2.05, 4.69) is 37.9 Å². The average Bonchev–Trinajstić information content (AvgIpc) is 2.98. The first-order chi connectivity index (χ1) is 9.44. The van der Waals surface area contributed by atoms with E-state index in [4.69, 9.17) is 9.73 Å². The lowest BCUT2D eigenvalue weighted by molar-refractivity contribution is 0.156. The highest BCUT2D eigenvalue weighted by molar-refractivity contribution is 5.80. The van der Waals surface area contributed by atoms with Crippen molar-refractivity contribution in [2.24, 2.45) is 15.8 Å². The molecule has 4 nitrogen and oxygen atoms in total. The molecule has 0 bridgehead atoms. The maximum Gasteiger partial charge on any atom is 0.193 e. The topological polar surface area (TPSA) is 36.9 Å². The number of nitrogens with zero attached hydrogens (tertiary/aromatic N) is 2. The third-order valence-corrected chi connectivity index (χ3v) is 4.38. The van der Waals surface area contributed by atoms with E-state index in [9.17, 15) is 0 Å². The van der Waals surface area contributed by atoms with Crippen LogP contribution >= 0.6 is 0 Å². The second-order valence-corrected chi connectivity index (χ2v) is 7.52. The van der Waals surface area contributed by atoms with E-state index < -0.39 is 0 Å². The largest absolute Gasteiger partial charge is 0.381 e. The average molecular weight is 281 g/mol. The normalized spacial score (nSPS) is 27.6. The Morgan fingerprint density at radius 2 is 2.15 bits per heavy atom. The van der Waals surface area contributed by atoms with Gasteiger partial charge in [0.2, 0.25) is 0 Å². The zero-order valence-corrected chi connectivity index (χ0v) is 13.7. The summed E-state index contributed by atoms with van der Waals surface area (Å²) in [4.78, 5) is 7.26. The van der Waals surface area contributed by atoms with Crippen LogP contribution in [0.15, 0.2) is 4.99 Å². The van der Waals surface area contributed by atoms with Crippen molar-refractivity contribution in [3.63, 3.8) is 0 Å². The number of hydrogen-bond acceptors (Lipinski definition) is 2. The Morgan fingerprint density at radius 3 is 2.75 bits per heavy atom. The van der Waals surface area contributed by atoms with Crippen LogP contribution in [0.25, 0.3) is 0 Å². The Labute approximate surface area is 124 Å². The molecule has 20 heavy (non-hydrogen) atoms. The van der Waals surface area contributed by atoms with Gasteiger partial charge < -0.3 is 15.0 Å². The molecule has 0 radical (unpaired) electrons. The Kier molecular flexibility index (Phi) is 4.95. The summed E-state index contributed by atoms with van der Waals surface area (Å²) in [6.45, 7) is 14.9. The molecule has 2 fully saturated rings. The first-order valence-corrected chi connectivity index (χ1v) is 8.05. The molecule has 0 saturated carbocycles. The Hall–Kier alpha value is -0.770. The highest BCUT2D eigenvalue weighted by Crippen LogP contribution is 2.38. The molecule has 0 aromatic carbocycles. The fraction of sp³-hybridized carbons (Fsp3) is 0.938. The molecule has 1 N–H and O–H groups in total. The van der Waals surface area contributed by atoms with Crippen molar-refractivity contribution < 1.29 is 4.74 Å². The molecular formula is C16H31N3O. The standard InChI is InChI=1S/C16H31N3O/c1-5-17-14(18-9-6-15(2,3)4)19-10-7-16(12-19)8-11-20-13-16/h5-13H2,1-4H3,(H,17,18). The van der Waals surface area contributed by atoms with Gasteiger partial charge in [0.05, 0.1) is 6.61 Å². The highest BCUT2D eigenvalue weighted by atomic mass is 16.5. The molecule has 0 aromatic heterocycles. The minimum Gasteiger partial charge on any atom is -0.381 e. The second kappa shape index (κ2) is 6.33. The van der Waals surface area contributed by atoms with Crippen LogP contribution in [0.5, 0.6) is 0 Å². The van der Waals surface area contributed by atoms with Gasteiger partial charge in [0, 0.05) is 38.2 Å². The lowest BCUT2D eigenvalue weighted by Gasteiger charge is -2.25. The summed E-state index contributed by atoms with van der Waals surface area (Å²) in [6, 6.07) is 0. The van der Waals surface area contributed by atoms with Crippen LogP contribution in [0, 0.1) is 10.8 Å². The Balaban J connectivity index is 1.93. The van der Waals surface area contributed by atoms with Crippen LogP contribution in [0.4, 0.5) is 0 Å². The Morgan fingerprint density at radius 1 is 1.35 bits per heavy atom. The van der Waals surface area contributed by atoms with Crippen LogP contribution < -0.4 is 5.32 Å². The molecule has 2 aliphatic rings. The number of likely N-dealkylation sites (tertiary alicyclic amines) is 1. The summed E-state index contributed by atoms with van der Waals surface area (Å²) in [5.41, 5.74) is 0.757. The van der Waals surface area contributed by atoms with Gasteiger partial charge in [-0.3, -0.25) is 4.99 Å². The Bertz CT molecular complexity index is 340. The molecule has 2 aliphatic heterocycles. The molecular weight excluding hydrogens is 250 g/mol. The minimum atomic E-state index is 0.354. The van der Waals surface area contributed by atoms with Crippen LogP contribution in [0.3, 0.4) is 0 Å². The van der Waals surface area contributed by atoms with Gasteiger partial charge in [-0.15, -0.1) is 0 Å². The molecule has 0 aliphatic carbocycles. The van der Waals surface area contributed by atoms with E-state index in [1.807, 2.05) is 0 Å². The van der Waals surface area contributed by atoms with Gasteiger partial charge in [-0.1, -0.05) is 20.8 Å². The molecule has 1 spiro atoms. The molecule has 2 rings (SSSR count). The van der Waals surface area contributed by atoms with Gasteiger partial charge in [0.15, 0.2) is 5.96 Å². The van der Waals surface area contributed by atoms with Gasteiger partial charge in [-0.2, -0.15) is 0 Å². The highest BCUT2D eigenvalue weighted by Gasteiger charge is 2.42. The van der Waals surface area contributed by atoms with Crippen molar-refractivity contribution >= 4 is 5.96 Å². The van der Waals surface area contributed by atoms with Gasteiger partial charge in [0.1, 0.15) is 0 Å². The third-order valence-electron chi connectivity index (χ3n) is 4.38. The second-order valence-electron chi connectivity index (χ2n) is 7.52. The molecule has 2 heterocycles. The first kappa shape index (κ1) is 15.6. The third kappa shape index (κ3) is 4.11. The van der Waals surface area contributed by atoms with Crippen molar-refractivity contribution in [2.45, 2.75) is 47.0 Å². The maximum absolute atomic E-state index is 5.61. The van der Waals surface area contributed by atoms with E-state index >= 15 is 0 Å². The maximum atomic E-state index is 5.61. The summed E-state index contributed by atoms with van der Waals surface area (Å²) in [6.07, 6.45) is 3.59. The van der Waals surface area contributed by atoms with Crippen molar-refractivity contribution in [1.29, 1.82) is 0 Å². The summed E-state index contributed by atoms with van der Waals surface area (Å²) in [7, 11) is 0. The van der Waals surface area contributed by atoms with Crippen LogP contribution in [-0.2, 0) is 4.74 Å². The molecule has 0 aromatic rings. The number of guanidine groups is 1. The van der Waals surface area contributed by atoms with Gasteiger partial charge in [-0.05, 0) is 31.6 Å². The SMILES string of the molecule is CCNC(=NCCC(C)(C)C)N1CCC2(CCOC2)C1. The van der Waals surface area contributed by atoms with E-state index in [1.165, 1.54) is 12.8 Å². The van der Waals surface area contributed by atoms with Gasteiger partial charge in [-0.25, -0.2) is 0 Å². The smallest absolute Gasteiger partial charge is 0.193 e. The lowest BCUT2D eigenvalue weighted by Crippen LogP contribution is -2.41. The van der Waals surface area contributed by atoms with E-state index in [0.717, 1.165) is 51.8 Å². The van der Waals surface area contributed by atoms with Crippen molar-refractivity contribution in [3.05, 3.63) is 0 Å². The minimum absolute atomic E-state index is 0.354. The first-order valence-electron chi connectivity index (χ1n) is 8.05. The molecule has 116 valence electrons.